The number of aliphatic hydroxyl groups is 1. The average molecular weight is 145 g/mol. The van der Waals surface area contributed by atoms with Crippen LogP contribution in [0.2, 0.25) is 0 Å². The maximum Gasteiger partial charge on any atom is 0.0716 e. The molecule has 62 valence electrons. The number of aliphatic hydroxyl groups excluding tert-OH is 1. The third-order valence-electron chi connectivity index (χ3n) is 2.37. The first kappa shape index (κ1) is 9.92. The highest BCUT2D eigenvalue weighted by atomic mass is 16.3. The number of hydrogen-bond acceptors (Lipinski definition) is 2. The van der Waals surface area contributed by atoms with Crippen LogP contribution in [0.3, 0.4) is 0 Å². The van der Waals surface area contributed by atoms with E-state index in [-0.39, 0.29) is 11.6 Å². The van der Waals surface area contributed by atoms with E-state index in [9.17, 15) is 5.11 Å². The molecule has 3 N–H and O–H groups in total. The summed E-state index contributed by atoms with van der Waals surface area (Å²) in [6, 6.07) is 0. The summed E-state index contributed by atoms with van der Waals surface area (Å²) in [7, 11) is 0. The van der Waals surface area contributed by atoms with E-state index in [2.05, 4.69) is 0 Å². The van der Waals surface area contributed by atoms with Crippen LogP contribution in [0.1, 0.15) is 40.0 Å². The zero-order chi connectivity index (χ0) is 8.20. The fraction of sp³-hybridized carbons (Fsp3) is 1.00. The molecule has 0 radical (unpaired) electrons. The Morgan fingerprint density at radius 1 is 1.30 bits per heavy atom. The molecule has 0 aromatic carbocycles. The van der Waals surface area contributed by atoms with Crippen molar-refractivity contribution in [2.75, 3.05) is 0 Å². The van der Waals surface area contributed by atoms with Crippen LogP contribution in [-0.2, 0) is 0 Å². The lowest BCUT2D eigenvalue weighted by atomic mass is 9.86. The Hall–Kier alpha value is -0.0800. The molecule has 2 heteroatoms. The highest BCUT2D eigenvalue weighted by Gasteiger charge is 2.27. The lowest BCUT2D eigenvalue weighted by Gasteiger charge is -2.31. The monoisotopic (exact) mass is 145 g/mol. The molecule has 0 saturated carbocycles. The molecule has 0 heterocycles. The minimum absolute atomic E-state index is 0.345. The van der Waals surface area contributed by atoms with Gasteiger partial charge in [-0.2, -0.15) is 0 Å². The summed E-state index contributed by atoms with van der Waals surface area (Å²) in [5.41, 5.74) is 5.55. The second-order valence-electron chi connectivity index (χ2n) is 2.86. The van der Waals surface area contributed by atoms with Gasteiger partial charge in [-0.15, -0.1) is 0 Å². The van der Waals surface area contributed by atoms with Gasteiger partial charge in [-0.05, 0) is 19.3 Å². The second-order valence-corrected chi connectivity index (χ2v) is 2.86. The summed E-state index contributed by atoms with van der Waals surface area (Å²) in [4.78, 5) is 0. The van der Waals surface area contributed by atoms with Crippen molar-refractivity contribution in [1.29, 1.82) is 0 Å². The lowest BCUT2D eigenvalue weighted by Crippen LogP contribution is -2.49. The molecule has 0 aliphatic heterocycles. The van der Waals surface area contributed by atoms with Crippen molar-refractivity contribution in [3.63, 3.8) is 0 Å². The van der Waals surface area contributed by atoms with Crippen LogP contribution in [0.5, 0.6) is 0 Å². The summed E-state index contributed by atoms with van der Waals surface area (Å²) < 4.78 is 0. The van der Waals surface area contributed by atoms with E-state index >= 15 is 0 Å². The fourth-order valence-corrected chi connectivity index (χ4v) is 1.13. The Labute approximate surface area is 63.4 Å². The molecular weight excluding hydrogens is 126 g/mol. The van der Waals surface area contributed by atoms with Gasteiger partial charge in [0.25, 0.3) is 0 Å². The number of rotatable bonds is 4. The van der Waals surface area contributed by atoms with Crippen molar-refractivity contribution in [1.82, 2.24) is 0 Å². The highest BCUT2D eigenvalue weighted by molar-refractivity contribution is 4.87. The Morgan fingerprint density at radius 3 is 1.80 bits per heavy atom. The summed E-state index contributed by atoms with van der Waals surface area (Å²) in [5, 5.41) is 9.45. The van der Waals surface area contributed by atoms with Crippen LogP contribution >= 0.6 is 0 Å². The summed E-state index contributed by atoms with van der Waals surface area (Å²) in [6.07, 6.45) is 2.09. The first-order chi connectivity index (χ1) is 4.60. The van der Waals surface area contributed by atoms with Gasteiger partial charge in [-0.3, -0.25) is 0 Å². The first-order valence-electron chi connectivity index (χ1n) is 4.07. The third kappa shape index (κ3) is 1.96. The Bertz CT molecular complexity index is 89.3. The van der Waals surface area contributed by atoms with Gasteiger partial charge in [0, 0.05) is 5.54 Å². The van der Waals surface area contributed by atoms with E-state index in [1.165, 1.54) is 0 Å². The largest absolute Gasteiger partial charge is 0.391 e. The van der Waals surface area contributed by atoms with Crippen molar-refractivity contribution in [2.24, 2.45) is 5.73 Å². The molecule has 0 rings (SSSR count). The molecule has 0 bridgehead atoms. The fourth-order valence-electron chi connectivity index (χ4n) is 1.13. The molecule has 0 spiro atoms. The minimum Gasteiger partial charge on any atom is -0.391 e. The molecule has 1 unspecified atom stereocenters. The lowest BCUT2D eigenvalue weighted by molar-refractivity contribution is 0.0749. The van der Waals surface area contributed by atoms with Crippen molar-refractivity contribution in [3.05, 3.63) is 0 Å². The molecule has 0 aromatic heterocycles. The second kappa shape index (κ2) is 3.94. The van der Waals surface area contributed by atoms with E-state index in [0.29, 0.717) is 0 Å². The van der Waals surface area contributed by atoms with E-state index < -0.39 is 0 Å². The van der Waals surface area contributed by atoms with Crippen LogP contribution in [0.25, 0.3) is 0 Å². The summed E-state index contributed by atoms with van der Waals surface area (Å²) >= 11 is 0. The summed E-state index contributed by atoms with van der Waals surface area (Å²) in [6.45, 7) is 5.99. The molecule has 0 amide bonds. The average Bonchev–Trinajstić information content (AvgIpc) is 2.01. The molecule has 0 fully saturated rings. The molecule has 10 heavy (non-hydrogen) atoms. The molecule has 2 nitrogen and oxygen atoms in total. The van der Waals surface area contributed by atoms with E-state index in [1.54, 1.807) is 0 Å². The van der Waals surface area contributed by atoms with Gasteiger partial charge in [-0.1, -0.05) is 20.8 Å². The van der Waals surface area contributed by atoms with Gasteiger partial charge in [0.1, 0.15) is 0 Å². The molecule has 0 saturated heterocycles. The topological polar surface area (TPSA) is 46.2 Å². The maximum atomic E-state index is 9.45. The molecular formula is C8H19NO. The molecule has 1 atom stereocenters. The zero-order valence-electron chi connectivity index (χ0n) is 7.22. The van der Waals surface area contributed by atoms with Gasteiger partial charge in [0.05, 0.1) is 6.10 Å². The van der Waals surface area contributed by atoms with Crippen molar-refractivity contribution < 1.29 is 5.11 Å². The Morgan fingerprint density at radius 2 is 1.70 bits per heavy atom. The Kier molecular flexibility index (Phi) is 3.91. The van der Waals surface area contributed by atoms with Crippen LogP contribution in [-0.4, -0.2) is 16.7 Å². The quantitative estimate of drug-likeness (QED) is 0.626. The normalized spacial score (nSPS) is 15.3. The van der Waals surface area contributed by atoms with Crippen LogP contribution in [0.4, 0.5) is 0 Å². The molecule has 0 aliphatic carbocycles. The van der Waals surface area contributed by atoms with Crippen molar-refractivity contribution in [3.8, 4) is 0 Å². The van der Waals surface area contributed by atoms with E-state index in [0.717, 1.165) is 19.3 Å². The smallest absolute Gasteiger partial charge is 0.0716 e. The number of hydrogen-bond donors (Lipinski definition) is 2. The molecule has 0 aliphatic rings. The first-order valence-corrected chi connectivity index (χ1v) is 4.07. The standard InChI is InChI=1S/C8H19NO/c1-4-7(10)8(9,5-2)6-3/h7,10H,4-6,9H2,1-3H3. The van der Waals surface area contributed by atoms with Crippen molar-refractivity contribution >= 4 is 0 Å². The Balaban J connectivity index is 4.02. The van der Waals surface area contributed by atoms with Gasteiger partial charge in [0.2, 0.25) is 0 Å². The van der Waals surface area contributed by atoms with Gasteiger partial charge < -0.3 is 10.8 Å². The zero-order valence-corrected chi connectivity index (χ0v) is 7.22. The predicted molar refractivity (Wildman–Crippen MR) is 43.8 cm³/mol. The van der Waals surface area contributed by atoms with Crippen LogP contribution in [0, 0.1) is 0 Å². The molecule has 0 aromatic rings. The van der Waals surface area contributed by atoms with Gasteiger partial charge >= 0.3 is 0 Å². The van der Waals surface area contributed by atoms with E-state index in [1.807, 2.05) is 20.8 Å². The maximum absolute atomic E-state index is 9.45. The minimum atomic E-state index is -0.352. The number of nitrogens with two attached hydrogens (primary N) is 1. The van der Waals surface area contributed by atoms with Crippen LogP contribution in [0.15, 0.2) is 0 Å². The summed E-state index contributed by atoms with van der Waals surface area (Å²) in [5.74, 6) is 0. The van der Waals surface area contributed by atoms with E-state index in [4.69, 9.17) is 5.73 Å². The van der Waals surface area contributed by atoms with Gasteiger partial charge in [-0.25, -0.2) is 0 Å². The highest BCUT2D eigenvalue weighted by Crippen LogP contribution is 2.18. The predicted octanol–water partition coefficient (Wildman–Crippen LogP) is 1.27. The van der Waals surface area contributed by atoms with Crippen molar-refractivity contribution in [2.45, 2.75) is 51.7 Å². The van der Waals surface area contributed by atoms with Crippen LogP contribution < -0.4 is 5.73 Å². The third-order valence-corrected chi connectivity index (χ3v) is 2.37. The van der Waals surface area contributed by atoms with Gasteiger partial charge in [0.15, 0.2) is 0 Å². The SMILES string of the molecule is CCC(O)C(N)(CC)CC.